The van der Waals surface area contributed by atoms with Crippen molar-refractivity contribution < 1.29 is 18.8 Å². The van der Waals surface area contributed by atoms with E-state index in [0.717, 1.165) is 27.3 Å². The molecule has 1 atom stereocenters. The zero-order valence-electron chi connectivity index (χ0n) is 16.0. The van der Waals surface area contributed by atoms with Crippen LogP contribution in [0.4, 0.5) is 10.1 Å². The first-order chi connectivity index (χ1) is 13.5. The molecular weight excluding hydrogens is 355 g/mol. The zero-order valence-corrected chi connectivity index (χ0v) is 16.0. The molecule has 2 N–H and O–H groups in total. The lowest BCUT2D eigenvalue weighted by Gasteiger charge is -2.14. The molecule has 0 fully saturated rings. The molecule has 3 rings (SSSR count). The first-order valence-corrected chi connectivity index (χ1v) is 9.14. The molecule has 1 amide bonds. The van der Waals surface area contributed by atoms with E-state index in [-0.39, 0.29) is 18.2 Å². The molecule has 0 heterocycles. The maximum atomic E-state index is 13.8. The zero-order chi connectivity index (χ0) is 19.9. The van der Waals surface area contributed by atoms with E-state index in [2.05, 4.69) is 5.32 Å². The third-order valence-corrected chi connectivity index (χ3v) is 4.46. The van der Waals surface area contributed by atoms with Gasteiger partial charge >= 0.3 is 0 Å². The van der Waals surface area contributed by atoms with Gasteiger partial charge in [-0.15, -0.1) is 0 Å². The summed E-state index contributed by atoms with van der Waals surface area (Å²) in [6, 6.07) is 22.7. The maximum absolute atomic E-state index is 13.8. The van der Waals surface area contributed by atoms with Crippen LogP contribution in [0.1, 0.15) is 5.56 Å². The van der Waals surface area contributed by atoms with Crippen molar-refractivity contribution in [2.24, 2.45) is 0 Å². The van der Waals surface area contributed by atoms with Gasteiger partial charge < -0.3 is 15.0 Å². The number of amides is 1. The Morgan fingerprint density at radius 3 is 2.32 bits per heavy atom. The summed E-state index contributed by atoms with van der Waals surface area (Å²) in [5.41, 5.74) is 3.81. The van der Waals surface area contributed by atoms with Crippen LogP contribution in [0.5, 0.6) is 5.75 Å². The predicted octanol–water partition coefficient (Wildman–Crippen LogP) is 3.15. The van der Waals surface area contributed by atoms with Crippen LogP contribution in [0.25, 0.3) is 11.1 Å². The lowest BCUT2D eigenvalue weighted by atomic mass is 10.1. The monoisotopic (exact) mass is 379 g/mol. The summed E-state index contributed by atoms with van der Waals surface area (Å²) in [6.45, 7) is 0.829. The van der Waals surface area contributed by atoms with Gasteiger partial charge in [0.05, 0.1) is 14.2 Å². The molecule has 3 aromatic carbocycles. The number of likely N-dealkylation sites (N-methyl/N-ethyl adjacent to an activating group) is 1. The SMILES string of the molecule is COc1ccc(C[NH+](C)CC(=O)Nc2ccc(-c3ccccc3)cc2)cc1F. The Hall–Kier alpha value is -3.18. The fourth-order valence-corrected chi connectivity index (χ4v) is 3.09. The van der Waals surface area contributed by atoms with Gasteiger partial charge in [0.1, 0.15) is 6.54 Å². The molecule has 0 aromatic heterocycles. The number of benzene rings is 3. The van der Waals surface area contributed by atoms with Gasteiger partial charge in [0.15, 0.2) is 18.1 Å². The van der Waals surface area contributed by atoms with E-state index in [1.807, 2.05) is 67.7 Å². The standard InChI is InChI=1S/C23H23FN2O2/c1-26(15-17-8-13-22(28-2)21(24)14-17)16-23(27)25-20-11-9-19(10-12-20)18-6-4-3-5-7-18/h3-14H,15-16H2,1-2H3,(H,25,27)/p+1. The number of hydrogen-bond acceptors (Lipinski definition) is 2. The van der Waals surface area contributed by atoms with Crippen LogP contribution in [0.2, 0.25) is 0 Å². The number of anilines is 1. The number of hydrogen-bond donors (Lipinski definition) is 2. The van der Waals surface area contributed by atoms with E-state index in [9.17, 15) is 9.18 Å². The molecule has 1 unspecified atom stereocenters. The number of carbonyl (C=O) groups excluding carboxylic acids is 1. The molecule has 0 bridgehead atoms. The summed E-state index contributed by atoms with van der Waals surface area (Å²) in [4.78, 5) is 13.3. The molecular formula is C23H24FN2O2+. The fourth-order valence-electron chi connectivity index (χ4n) is 3.09. The predicted molar refractivity (Wildman–Crippen MR) is 109 cm³/mol. The van der Waals surface area contributed by atoms with Gasteiger partial charge in [-0.05, 0) is 41.5 Å². The van der Waals surface area contributed by atoms with Crippen LogP contribution >= 0.6 is 0 Å². The van der Waals surface area contributed by atoms with Gasteiger partial charge in [-0.3, -0.25) is 4.79 Å². The van der Waals surface area contributed by atoms with Crippen molar-refractivity contribution in [3.05, 3.63) is 84.2 Å². The average Bonchev–Trinajstić information content (AvgIpc) is 2.69. The molecule has 5 heteroatoms. The number of ether oxygens (including phenoxy) is 1. The molecule has 144 valence electrons. The number of halogens is 1. The third kappa shape index (κ3) is 5.18. The quantitative estimate of drug-likeness (QED) is 0.662. The van der Waals surface area contributed by atoms with Crippen LogP contribution in [0.15, 0.2) is 72.8 Å². The van der Waals surface area contributed by atoms with Crippen LogP contribution < -0.4 is 15.0 Å². The fraction of sp³-hybridized carbons (Fsp3) is 0.174. The molecule has 0 spiro atoms. The van der Waals surface area contributed by atoms with Gasteiger partial charge in [0.25, 0.3) is 5.91 Å². The Bertz CT molecular complexity index is 927. The van der Waals surface area contributed by atoms with Crippen molar-refractivity contribution in [2.45, 2.75) is 6.54 Å². The number of methoxy groups -OCH3 is 1. The van der Waals surface area contributed by atoms with Crippen molar-refractivity contribution in [2.75, 3.05) is 26.0 Å². The topological polar surface area (TPSA) is 42.8 Å². The number of rotatable bonds is 7. The molecule has 0 aliphatic rings. The average molecular weight is 379 g/mol. The van der Waals surface area contributed by atoms with Crippen molar-refractivity contribution in [1.82, 2.24) is 0 Å². The second-order valence-electron chi connectivity index (χ2n) is 6.77. The summed E-state index contributed by atoms with van der Waals surface area (Å²) in [5, 5.41) is 2.91. The minimum absolute atomic E-state index is 0.0843. The summed E-state index contributed by atoms with van der Waals surface area (Å²) in [5.74, 6) is -0.257. The van der Waals surface area contributed by atoms with Crippen LogP contribution in [-0.2, 0) is 11.3 Å². The number of nitrogens with one attached hydrogen (secondary N) is 2. The highest BCUT2D eigenvalue weighted by atomic mass is 19.1. The van der Waals surface area contributed by atoms with Crippen molar-refractivity contribution >= 4 is 11.6 Å². The number of quaternary nitrogens is 1. The second kappa shape index (κ2) is 9.15. The Kier molecular flexibility index (Phi) is 6.40. The minimum Gasteiger partial charge on any atom is -0.494 e. The van der Waals surface area contributed by atoms with Gasteiger partial charge in [-0.1, -0.05) is 42.5 Å². The highest BCUT2D eigenvalue weighted by molar-refractivity contribution is 5.91. The first-order valence-electron chi connectivity index (χ1n) is 9.14. The summed E-state index contributed by atoms with van der Waals surface area (Å²) >= 11 is 0. The second-order valence-corrected chi connectivity index (χ2v) is 6.77. The van der Waals surface area contributed by atoms with E-state index in [1.54, 1.807) is 6.07 Å². The Labute approximate surface area is 164 Å². The lowest BCUT2D eigenvalue weighted by Crippen LogP contribution is -3.08. The third-order valence-electron chi connectivity index (χ3n) is 4.46. The van der Waals surface area contributed by atoms with E-state index in [1.165, 1.54) is 13.2 Å². The van der Waals surface area contributed by atoms with E-state index < -0.39 is 5.82 Å². The highest BCUT2D eigenvalue weighted by Crippen LogP contribution is 2.21. The van der Waals surface area contributed by atoms with E-state index in [0.29, 0.717) is 6.54 Å². The summed E-state index contributed by atoms with van der Waals surface area (Å²) < 4.78 is 18.7. The van der Waals surface area contributed by atoms with Gasteiger partial charge in [-0.25, -0.2) is 4.39 Å². The van der Waals surface area contributed by atoms with Crippen molar-refractivity contribution in [3.8, 4) is 16.9 Å². The maximum Gasteiger partial charge on any atom is 0.279 e. The normalized spacial score (nSPS) is 11.7. The minimum atomic E-state index is -0.393. The molecule has 0 radical (unpaired) electrons. The van der Waals surface area contributed by atoms with Gasteiger partial charge in [-0.2, -0.15) is 0 Å². The van der Waals surface area contributed by atoms with Crippen LogP contribution in [0.3, 0.4) is 0 Å². The Morgan fingerprint density at radius 2 is 1.68 bits per heavy atom. The van der Waals surface area contributed by atoms with Crippen molar-refractivity contribution in [3.63, 3.8) is 0 Å². The molecule has 28 heavy (non-hydrogen) atoms. The van der Waals surface area contributed by atoms with Crippen molar-refractivity contribution in [1.29, 1.82) is 0 Å². The highest BCUT2D eigenvalue weighted by Gasteiger charge is 2.12. The molecule has 4 nitrogen and oxygen atoms in total. The van der Waals surface area contributed by atoms with Crippen LogP contribution in [0, 0.1) is 5.82 Å². The molecule has 0 saturated carbocycles. The number of carbonyl (C=O) groups is 1. The molecule has 0 saturated heterocycles. The lowest BCUT2D eigenvalue weighted by molar-refractivity contribution is -0.885. The molecule has 0 aliphatic heterocycles. The molecule has 0 aliphatic carbocycles. The first kappa shape index (κ1) is 19.6. The van der Waals surface area contributed by atoms with Crippen LogP contribution in [-0.4, -0.2) is 26.6 Å². The Morgan fingerprint density at radius 1 is 1.00 bits per heavy atom. The Balaban J connectivity index is 1.54. The largest absolute Gasteiger partial charge is 0.494 e. The smallest absolute Gasteiger partial charge is 0.279 e. The molecule has 3 aromatic rings. The van der Waals surface area contributed by atoms with E-state index >= 15 is 0 Å². The van der Waals surface area contributed by atoms with E-state index in [4.69, 9.17) is 4.74 Å². The summed E-state index contributed by atoms with van der Waals surface area (Å²) in [7, 11) is 3.34. The summed E-state index contributed by atoms with van der Waals surface area (Å²) in [6.07, 6.45) is 0. The van der Waals surface area contributed by atoms with Gasteiger partial charge in [0, 0.05) is 11.3 Å². The van der Waals surface area contributed by atoms with Gasteiger partial charge in [0.2, 0.25) is 0 Å².